The van der Waals surface area contributed by atoms with Gasteiger partial charge in [0.15, 0.2) is 0 Å². The number of imidazole rings is 1. The average molecular weight is 514 g/mol. The van der Waals surface area contributed by atoms with Crippen molar-refractivity contribution in [1.29, 1.82) is 0 Å². The Morgan fingerprint density at radius 3 is 2.50 bits per heavy atom. The van der Waals surface area contributed by atoms with Gasteiger partial charge in [0.1, 0.15) is 11.6 Å². The van der Waals surface area contributed by atoms with Gasteiger partial charge in [0.25, 0.3) is 5.91 Å². The number of halogens is 1. The van der Waals surface area contributed by atoms with E-state index in [1.807, 2.05) is 44.3 Å². The molecule has 1 amide bonds. The Balaban J connectivity index is 1.67. The number of aliphatic hydroxyl groups is 2. The predicted molar refractivity (Wildman–Crippen MR) is 143 cm³/mol. The summed E-state index contributed by atoms with van der Waals surface area (Å²) in [5.74, 6) is 1.27. The Morgan fingerprint density at radius 2 is 1.89 bits per heavy atom. The molecular formula is C28H36ClN3O4. The summed E-state index contributed by atoms with van der Waals surface area (Å²) in [4.78, 5) is 17.6. The molecule has 0 bridgehead atoms. The van der Waals surface area contributed by atoms with Gasteiger partial charge >= 0.3 is 0 Å². The molecule has 3 N–H and O–H groups in total. The minimum atomic E-state index is -0.247. The fourth-order valence-corrected chi connectivity index (χ4v) is 4.27. The Bertz CT molecular complexity index is 1130. The van der Waals surface area contributed by atoms with Crippen molar-refractivity contribution in [2.45, 2.75) is 65.1 Å². The lowest BCUT2D eigenvalue weighted by Gasteiger charge is -2.19. The molecule has 3 aromatic rings. The van der Waals surface area contributed by atoms with Gasteiger partial charge in [0.05, 0.1) is 16.8 Å². The third kappa shape index (κ3) is 7.56. The van der Waals surface area contributed by atoms with E-state index in [4.69, 9.17) is 26.4 Å². The molecule has 0 radical (unpaired) electrons. The molecule has 0 aliphatic rings. The van der Waals surface area contributed by atoms with Crippen LogP contribution in [0.3, 0.4) is 0 Å². The number of rotatable bonds is 13. The summed E-state index contributed by atoms with van der Waals surface area (Å²) in [5.41, 5.74) is 3.40. The van der Waals surface area contributed by atoms with Crippen molar-refractivity contribution >= 4 is 17.5 Å². The number of carbonyl (C=O) groups excluding carboxylic acids is 1. The summed E-state index contributed by atoms with van der Waals surface area (Å²) in [6, 6.07) is 12.9. The average Bonchev–Trinajstić information content (AvgIpc) is 3.27. The molecule has 0 aliphatic carbocycles. The van der Waals surface area contributed by atoms with E-state index in [0.29, 0.717) is 35.6 Å². The standard InChI is InChI=1S/C28H36ClN3O4/c1-4-32-18-25(31-27(32)6-5-14-33)21-9-7-20(8-10-21)16-23(13-15-34)30-28(35)22-11-12-26(24(29)17-22)36-19(2)3/h7-12,17-19,23,33-34H,4-6,13-16H2,1-3H3,(H,30,35). The van der Waals surface area contributed by atoms with Gasteiger partial charge in [0, 0.05) is 49.5 Å². The van der Waals surface area contributed by atoms with E-state index >= 15 is 0 Å². The summed E-state index contributed by atoms with van der Waals surface area (Å²) in [6.45, 7) is 6.85. The summed E-state index contributed by atoms with van der Waals surface area (Å²) >= 11 is 6.29. The van der Waals surface area contributed by atoms with Gasteiger partial charge in [-0.15, -0.1) is 0 Å². The number of nitrogens with zero attached hydrogens (tertiary/aromatic N) is 2. The quantitative estimate of drug-likeness (QED) is 0.309. The number of nitrogens with one attached hydrogen (secondary N) is 1. The van der Waals surface area contributed by atoms with E-state index in [1.165, 1.54) is 0 Å². The highest BCUT2D eigenvalue weighted by atomic mass is 35.5. The first-order chi connectivity index (χ1) is 17.3. The molecule has 7 nitrogen and oxygen atoms in total. The third-order valence-electron chi connectivity index (χ3n) is 5.86. The van der Waals surface area contributed by atoms with Crippen molar-refractivity contribution < 1.29 is 19.7 Å². The number of benzene rings is 2. The summed E-state index contributed by atoms with van der Waals surface area (Å²) in [6.07, 6.45) is 4.47. The summed E-state index contributed by atoms with van der Waals surface area (Å²) < 4.78 is 7.75. The molecule has 8 heteroatoms. The Hall–Kier alpha value is -2.87. The van der Waals surface area contributed by atoms with Crippen molar-refractivity contribution in [3.8, 4) is 17.0 Å². The second kappa shape index (κ2) is 13.4. The zero-order valence-electron chi connectivity index (χ0n) is 21.2. The van der Waals surface area contributed by atoms with Crippen LogP contribution in [0.15, 0.2) is 48.7 Å². The number of carbonyl (C=O) groups is 1. The maximum Gasteiger partial charge on any atom is 0.251 e. The second-order valence-corrected chi connectivity index (χ2v) is 9.46. The fraction of sp³-hybridized carbons (Fsp3) is 0.429. The van der Waals surface area contributed by atoms with Gasteiger partial charge in [0.2, 0.25) is 0 Å². The Morgan fingerprint density at radius 1 is 1.14 bits per heavy atom. The highest BCUT2D eigenvalue weighted by molar-refractivity contribution is 6.32. The molecule has 2 aromatic carbocycles. The van der Waals surface area contributed by atoms with Gasteiger partial charge < -0.3 is 24.8 Å². The number of hydrogen-bond acceptors (Lipinski definition) is 5. The van der Waals surface area contributed by atoms with Crippen LogP contribution in [0.1, 0.15) is 55.4 Å². The van der Waals surface area contributed by atoms with Crippen LogP contribution in [0, 0.1) is 0 Å². The molecule has 1 unspecified atom stereocenters. The first-order valence-electron chi connectivity index (χ1n) is 12.5. The van der Waals surface area contributed by atoms with Crippen molar-refractivity contribution in [1.82, 2.24) is 14.9 Å². The molecule has 194 valence electrons. The lowest BCUT2D eigenvalue weighted by Crippen LogP contribution is -2.37. The van der Waals surface area contributed by atoms with Crippen molar-refractivity contribution in [3.05, 3.63) is 70.6 Å². The van der Waals surface area contributed by atoms with Crippen LogP contribution in [0.25, 0.3) is 11.3 Å². The number of ether oxygens (including phenoxy) is 1. The normalized spacial score (nSPS) is 12.1. The smallest absolute Gasteiger partial charge is 0.251 e. The van der Waals surface area contributed by atoms with Gasteiger partial charge in [-0.2, -0.15) is 0 Å². The molecular weight excluding hydrogens is 478 g/mol. The molecule has 36 heavy (non-hydrogen) atoms. The maximum atomic E-state index is 12.9. The minimum Gasteiger partial charge on any atom is -0.489 e. The van der Waals surface area contributed by atoms with Gasteiger partial charge in [-0.25, -0.2) is 4.98 Å². The minimum absolute atomic E-state index is 0.0156. The number of hydrogen-bond donors (Lipinski definition) is 3. The van der Waals surface area contributed by atoms with Gasteiger partial charge in [-0.1, -0.05) is 35.9 Å². The molecule has 0 aliphatic heterocycles. The van der Waals surface area contributed by atoms with Crippen molar-refractivity contribution in [2.24, 2.45) is 0 Å². The summed E-state index contributed by atoms with van der Waals surface area (Å²) in [7, 11) is 0. The first-order valence-corrected chi connectivity index (χ1v) is 12.9. The van der Waals surface area contributed by atoms with Crippen molar-refractivity contribution in [2.75, 3.05) is 13.2 Å². The van der Waals surface area contributed by atoms with E-state index in [-0.39, 0.29) is 31.3 Å². The van der Waals surface area contributed by atoms with E-state index in [2.05, 4.69) is 16.8 Å². The molecule has 1 heterocycles. The topological polar surface area (TPSA) is 96.6 Å². The van der Waals surface area contributed by atoms with E-state index < -0.39 is 0 Å². The predicted octanol–water partition coefficient (Wildman–Crippen LogP) is 4.66. The van der Waals surface area contributed by atoms with Crippen molar-refractivity contribution in [3.63, 3.8) is 0 Å². The zero-order valence-corrected chi connectivity index (χ0v) is 22.0. The lowest BCUT2D eigenvalue weighted by molar-refractivity contribution is 0.0930. The lowest BCUT2D eigenvalue weighted by atomic mass is 10.0. The van der Waals surface area contributed by atoms with Crippen LogP contribution in [-0.4, -0.2) is 51.0 Å². The SMILES string of the molecule is CCn1cc(-c2ccc(CC(CCO)NC(=O)c3ccc(OC(C)C)c(Cl)c3)cc2)nc1CCCO. The molecule has 1 aromatic heterocycles. The monoisotopic (exact) mass is 513 g/mol. The Labute approximate surface area is 218 Å². The number of amides is 1. The van der Waals surface area contributed by atoms with Crippen LogP contribution in [0.5, 0.6) is 5.75 Å². The molecule has 0 spiro atoms. The number of aryl methyl sites for hydroxylation is 2. The molecule has 0 saturated carbocycles. The molecule has 3 rings (SSSR count). The van der Waals surface area contributed by atoms with E-state index in [0.717, 1.165) is 35.6 Å². The Kier molecular flexibility index (Phi) is 10.3. The second-order valence-electron chi connectivity index (χ2n) is 9.05. The molecule has 1 atom stereocenters. The van der Waals surface area contributed by atoms with Crippen LogP contribution in [0.2, 0.25) is 5.02 Å². The molecule has 0 fully saturated rings. The van der Waals surface area contributed by atoms with Crippen LogP contribution in [0.4, 0.5) is 0 Å². The van der Waals surface area contributed by atoms with Gasteiger partial charge in [-0.3, -0.25) is 4.79 Å². The van der Waals surface area contributed by atoms with Gasteiger partial charge in [-0.05, 0) is 63.8 Å². The van der Waals surface area contributed by atoms with E-state index in [9.17, 15) is 9.90 Å². The highest BCUT2D eigenvalue weighted by Crippen LogP contribution is 2.27. The highest BCUT2D eigenvalue weighted by Gasteiger charge is 2.17. The van der Waals surface area contributed by atoms with Crippen LogP contribution in [-0.2, 0) is 19.4 Å². The first kappa shape index (κ1) is 27.7. The maximum absolute atomic E-state index is 12.9. The zero-order chi connectivity index (χ0) is 26.1. The third-order valence-corrected chi connectivity index (χ3v) is 6.16. The summed E-state index contributed by atoms with van der Waals surface area (Å²) in [5, 5.41) is 22.1. The fourth-order valence-electron chi connectivity index (χ4n) is 4.04. The van der Waals surface area contributed by atoms with Crippen LogP contribution >= 0.6 is 11.6 Å². The number of aliphatic hydroxyl groups excluding tert-OH is 2. The van der Waals surface area contributed by atoms with Crippen LogP contribution < -0.4 is 10.1 Å². The number of aromatic nitrogens is 2. The van der Waals surface area contributed by atoms with E-state index in [1.54, 1.807) is 18.2 Å². The largest absolute Gasteiger partial charge is 0.489 e. The molecule has 0 saturated heterocycles.